The predicted octanol–water partition coefficient (Wildman–Crippen LogP) is 4.25. The Kier molecular flexibility index (Phi) is 6.26. The number of methoxy groups -OCH3 is 1. The molecule has 28 heavy (non-hydrogen) atoms. The molecule has 2 amide bonds. The number of amidine groups is 1. The zero-order chi connectivity index (χ0) is 20.3. The molecule has 0 aromatic heterocycles. The van der Waals surface area contributed by atoms with Crippen molar-refractivity contribution in [2.24, 2.45) is 4.99 Å². The standard InChI is InChI=1S/C20H20ClN3O3S/c1-12-4-5-14(10-16(12)21)23-20-24(2)18(25)11-17(28-20)19(26)22-13-6-8-15(27-3)9-7-13/h4-10,17H,11H2,1-3H3,(H,22,26)/t17-/m1/s1. The largest absolute Gasteiger partial charge is 0.497 e. The molecule has 2 aromatic carbocycles. The first-order valence-corrected chi connectivity index (χ1v) is 9.86. The highest BCUT2D eigenvalue weighted by Gasteiger charge is 2.34. The quantitative estimate of drug-likeness (QED) is 0.807. The Morgan fingerprint density at radius 1 is 1.29 bits per heavy atom. The fourth-order valence-electron chi connectivity index (χ4n) is 2.56. The Balaban J connectivity index is 1.76. The summed E-state index contributed by atoms with van der Waals surface area (Å²) < 4.78 is 5.11. The molecule has 1 saturated heterocycles. The normalized spacial score (nSPS) is 18.3. The van der Waals surface area contributed by atoms with Crippen LogP contribution in [0.2, 0.25) is 5.02 Å². The van der Waals surface area contributed by atoms with Crippen LogP contribution in [0.4, 0.5) is 11.4 Å². The second kappa shape index (κ2) is 8.67. The molecule has 0 aliphatic carbocycles. The SMILES string of the molecule is COc1ccc(NC(=O)[C@H]2CC(=O)N(C)C(=Nc3ccc(C)c(Cl)c3)S2)cc1. The number of hydrogen-bond donors (Lipinski definition) is 1. The minimum Gasteiger partial charge on any atom is -0.497 e. The molecule has 0 spiro atoms. The monoisotopic (exact) mass is 417 g/mol. The summed E-state index contributed by atoms with van der Waals surface area (Å²) in [5, 5.41) is 3.34. The van der Waals surface area contributed by atoms with Crippen LogP contribution in [0, 0.1) is 6.92 Å². The molecule has 0 unspecified atom stereocenters. The van der Waals surface area contributed by atoms with E-state index in [0.717, 1.165) is 5.56 Å². The van der Waals surface area contributed by atoms with Crippen LogP contribution in [0.3, 0.4) is 0 Å². The summed E-state index contributed by atoms with van der Waals surface area (Å²) in [6.45, 7) is 1.91. The third-order valence-electron chi connectivity index (χ3n) is 4.30. The second-order valence-electron chi connectivity index (χ2n) is 6.31. The fourth-order valence-corrected chi connectivity index (χ4v) is 3.80. The van der Waals surface area contributed by atoms with Gasteiger partial charge in [0.05, 0.1) is 12.8 Å². The van der Waals surface area contributed by atoms with E-state index in [9.17, 15) is 9.59 Å². The molecule has 0 bridgehead atoms. The van der Waals surface area contributed by atoms with Crippen molar-refractivity contribution >= 4 is 51.7 Å². The lowest BCUT2D eigenvalue weighted by Gasteiger charge is -2.28. The molecule has 6 nitrogen and oxygen atoms in total. The molecule has 8 heteroatoms. The summed E-state index contributed by atoms with van der Waals surface area (Å²) in [7, 11) is 3.23. The lowest BCUT2D eigenvalue weighted by molar-refractivity contribution is -0.128. The Morgan fingerprint density at radius 2 is 2.00 bits per heavy atom. The number of benzene rings is 2. The van der Waals surface area contributed by atoms with Crippen LogP contribution >= 0.6 is 23.4 Å². The third kappa shape index (κ3) is 4.66. The van der Waals surface area contributed by atoms with Gasteiger partial charge in [0.1, 0.15) is 11.0 Å². The Bertz CT molecular complexity index is 931. The number of carbonyl (C=O) groups excluding carboxylic acids is 2. The van der Waals surface area contributed by atoms with Gasteiger partial charge in [-0.2, -0.15) is 0 Å². The topological polar surface area (TPSA) is 71.0 Å². The van der Waals surface area contributed by atoms with E-state index < -0.39 is 5.25 Å². The summed E-state index contributed by atoms with van der Waals surface area (Å²) in [6, 6.07) is 12.5. The average Bonchev–Trinajstić information content (AvgIpc) is 2.68. The summed E-state index contributed by atoms with van der Waals surface area (Å²) in [6.07, 6.45) is 0.108. The van der Waals surface area contributed by atoms with Gasteiger partial charge in [0, 0.05) is 24.2 Å². The van der Waals surface area contributed by atoms with Crippen molar-refractivity contribution in [1.82, 2.24) is 4.90 Å². The lowest BCUT2D eigenvalue weighted by Crippen LogP contribution is -2.43. The number of ether oxygens (including phenoxy) is 1. The number of thioether (sulfide) groups is 1. The lowest BCUT2D eigenvalue weighted by atomic mass is 10.2. The van der Waals surface area contributed by atoms with E-state index in [1.807, 2.05) is 19.1 Å². The van der Waals surface area contributed by atoms with Gasteiger partial charge < -0.3 is 10.1 Å². The smallest absolute Gasteiger partial charge is 0.238 e. The molecule has 1 aliphatic heterocycles. The highest BCUT2D eigenvalue weighted by atomic mass is 35.5. The highest BCUT2D eigenvalue weighted by Crippen LogP contribution is 2.30. The molecule has 1 fully saturated rings. The van der Waals surface area contributed by atoms with E-state index in [1.165, 1.54) is 16.7 Å². The number of hydrogen-bond acceptors (Lipinski definition) is 5. The molecule has 1 atom stereocenters. The van der Waals surface area contributed by atoms with Crippen molar-refractivity contribution in [3.63, 3.8) is 0 Å². The minimum absolute atomic E-state index is 0.108. The van der Waals surface area contributed by atoms with Crippen LogP contribution in [0.5, 0.6) is 5.75 Å². The Morgan fingerprint density at radius 3 is 2.64 bits per heavy atom. The van der Waals surface area contributed by atoms with E-state index in [-0.39, 0.29) is 18.2 Å². The van der Waals surface area contributed by atoms with Gasteiger partial charge in [0.2, 0.25) is 11.8 Å². The summed E-state index contributed by atoms with van der Waals surface area (Å²) in [4.78, 5) is 31.0. The summed E-state index contributed by atoms with van der Waals surface area (Å²) in [5.74, 6) is 0.296. The van der Waals surface area contributed by atoms with Crippen molar-refractivity contribution < 1.29 is 14.3 Å². The number of aliphatic imine (C=N–C) groups is 1. The highest BCUT2D eigenvalue weighted by molar-refractivity contribution is 8.15. The van der Waals surface area contributed by atoms with E-state index in [2.05, 4.69) is 10.3 Å². The van der Waals surface area contributed by atoms with E-state index in [1.54, 1.807) is 44.5 Å². The number of anilines is 1. The third-order valence-corrected chi connectivity index (χ3v) is 5.95. The fraction of sp³-hybridized carbons (Fsp3) is 0.250. The summed E-state index contributed by atoms with van der Waals surface area (Å²) in [5.41, 5.74) is 2.22. The maximum absolute atomic E-state index is 12.7. The van der Waals surface area contributed by atoms with Crippen LogP contribution in [-0.2, 0) is 9.59 Å². The Labute approximate surface area is 172 Å². The van der Waals surface area contributed by atoms with E-state index in [0.29, 0.717) is 27.3 Å². The number of carbonyl (C=O) groups is 2. The van der Waals surface area contributed by atoms with Gasteiger partial charge in [-0.3, -0.25) is 14.5 Å². The van der Waals surface area contributed by atoms with Gasteiger partial charge in [-0.05, 0) is 48.9 Å². The number of nitrogens with one attached hydrogen (secondary N) is 1. The van der Waals surface area contributed by atoms with Gasteiger partial charge >= 0.3 is 0 Å². The molecule has 0 saturated carbocycles. The van der Waals surface area contributed by atoms with E-state index >= 15 is 0 Å². The zero-order valence-corrected chi connectivity index (χ0v) is 17.3. The molecule has 3 rings (SSSR count). The van der Waals surface area contributed by atoms with Crippen molar-refractivity contribution in [2.75, 3.05) is 19.5 Å². The number of nitrogens with zero attached hydrogens (tertiary/aromatic N) is 2. The van der Waals surface area contributed by atoms with Gasteiger partial charge in [0.25, 0.3) is 0 Å². The number of halogens is 1. The first-order valence-electron chi connectivity index (χ1n) is 8.60. The van der Waals surface area contributed by atoms with Crippen LogP contribution in [0.1, 0.15) is 12.0 Å². The molecule has 1 heterocycles. The Hall–Kier alpha value is -2.51. The van der Waals surface area contributed by atoms with Crippen molar-refractivity contribution in [2.45, 2.75) is 18.6 Å². The van der Waals surface area contributed by atoms with E-state index in [4.69, 9.17) is 16.3 Å². The summed E-state index contributed by atoms with van der Waals surface area (Å²) >= 11 is 7.42. The maximum atomic E-state index is 12.7. The van der Waals surface area contributed by atoms with Gasteiger partial charge in [0.15, 0.2) is 5.17 Å². The van der Waals surface area contributed by atoms with Crippen molar-refractivity contribution in [1.29, 1.82) is 0 Å². The molecule has 146 valence electrons. The first kappa shape index (κ1) is 20.2. The maximum Gasteiger partial charge on any atom is 0.238 e. The van der Waals surface area contributed by atoms with Crippen molar-refractivity contribution in [3.05, 3.63) is 53.1 Å². The van der Waals surface area contributed by atoms with Crippen LogP contribution < -0.4 is 10.1 Å². The molecule has 1 aliphatic rings. The van der Waals surface area contributed by atoms with Crippen molar-refractivity contribution in [3.8, 4) is 5.75 Å². The number of amides is 2. The van der Waals surface area contributed by atoms with Crippen LogP contribution in [-0.4, -0.2) is 41.3 Å². The second-order valence-corrected chi connectivity index (χ2v) is 7.89. The van der Waals surface area contributed by atoms with Crippen LogP contribution in [0.15, 0.2) is 47.5 Å². The molecule has 2 aromatic rings. The first-order chi connectivity index (χ1) is 13.4. The number of rotatable bonds is 4. The average molecular weight is 418 g/mol. The van der Waals surface area contributed by atoms with Crippen LogP contribution in [0.25, 0.3) is 0 Å². The van der Waals surface area contributed by atoms with Gasteiger partial charge in [-0.25, -0.2) is 4.99 Å². The van der Waals surface area contributed by atoms with Gasteiger partial charge in [-0.15, -0.1) is 0 Å². The number of aryl methyl sites for hydroxylation is 1. The predicted molar refractivity (Wildman–Crippen MR) is 114 cm³/mol. The molecule has 0 radical (unpaired) electrons. The molecular weight excluding hydrogens is 398 g/mol. The minimum atomic E-state index is -0.564. The molecule has 1 N–H and O–H groups in total. The zero-order valence-electron chi connectivity index (χ0n) is 15.7. The molecular formula is C20H20ClN3O3S. The van der Waals surface area contributed by atoms with Gasteiger partial charge in [-0.1, -0.05) is 29.4 Å².